The number of hydrogen-bond acceptors (Lipinski definition) is 3. The third-order valence-corrected chi connectivity index (χ3v) is 3.12. The fourth-order valence-corrected chi connectivity index (χ4v) is 1.92. The molecule has 3 heteroatoms. The zero-order valence-corrected chi connectivity index (χ0v) is 11.5. The molecule has 0 saturated carbocycles. The van der Waals surface area contributed by atoms with Gasteiger partial charge in [0.2, 0.25) is 0 Å². The van der Waals surface area contributed by atoms with Gasteiger partial charge >= 0.3 is 0 Å². The second-order valence-corrected chi connectivity index (χ2v) is 4.13. The van der Waals surface area contributed by atoms with Crippen LogP contribution in [-0.2, 0) is 4.74 Å². The highest BCUT2D eigenvalue weighted by molar-refractivity contribution is 5.46. The Bertz CT molecular complexity index is 363. The molecule has 0 aliphatic heterocycles. The van der Waals surface area contributed by atoms with Gasteiger partial charge in [-0.05, 0) is 38.9 Å². The molecule has 1 unspecified atom stereocenters. The first-order chi connectivity index (χ1) is 8.15. The number of likely N-dealkylation sites (N-methyl/N-ethyl adjacent to an activating group) is 1. The van der Waals surface area contributed by atoms with Crippen LogP contribution in [0.25, 0.3) is 0 Å². The molecular formula is C14H23NO2. The molecule has 0 heterocycles. The van der Waals surface area contributed by atoms with Gasteiger partial charge in [-0.3, -0.25) is 0 Å². The highest BCUT2D eigenvalue weighted by atomic mass is 16.5. The summed E-state index contributed by atoms with van der Waals surface area (Å²) >= 11 is 0. The average molecular weight is 237 g/mol. The van der Waals surface area contributed by atoms with Gasteiger partial charge in [0.25, 0.3) is 0 Å². The molecule has 0 bridgehead atoms. The number of hydrogen-bond donors (Lipinski definition) is 1. The van der Waals surface area contributed by atoms with Crippen LogP contribution >= 0.6 is 0 Å². The second-order valence-electron chi connectivity index (χ2n) is 4.13. The highest BCUT2D eigenvalue weighted by Crippen LogP contribution is 2.30. The number of methoxy groups -OCH3 is 1. The highest BCUT2D eigenvalue weighted by Gasteiger charge is 2.16. The molecule has 1 atom stereocenters. The predicted octanol–water partition coefficient (Wildman–Crippen LogP) is 2.61. The van der Waals surface area contributed by atoms with E-state index in [1.807, 2.05) is 14.0 Å². The fourth-order valence-electron chi connectivity index (χ4n) is 1.92. The van der Waals surface area contributed by atoms with Gasteiger partial charge in [-0.25, -0.2) is 0 Å². The summed E-state index contributed by atoms with van der Waals surface area (Å²) in [7, 11) is 3.66. The van der Waals surface area contributed by atoms with Crippen LogP contribution in [0.15, 0.2) is 12.1 Å². The minimum Gasteiger partial charge on any atom is -0.496 e. The second kappa shape index (κ2) is 6.62. The molecule has 0 amide bonds. The molecule has 17 heavy (non-hydrogen) atoms. The molecule has 1 aromatic carbocycles. The van der Waals surface area contributed by atoms with Crippen molar-refractivity contribution < 1.29 is 9.47 Å². The fraction of sp³-hybridized carbons (Fsp3) is 0.571. The van der Waals surface area contributed by atoms with E-state index in [0.29, 0.717) is 6.61 Å². The number of aryl methyl sites for hydroxylation is 1. The van der Waals surface area contributed by atoms with Crippen LogP contribution in [0.1, 0.15) is 29.7 Å². The summed E-state index contributed by atoms with van der Waals surface area (Å²) in [6.07, 6.45) is 0. The SMILES string of the molecule is CCOCC(NC)c1ccc(C)c(C)c1OC. The predicted molar refractivity (Wildman–Crippen MR) is 70.8 cm³/mol. The van der Waals surface area contributed by atoms with Crippen molar-refractivity contribution in [2.75, 3.05) is 27.4 Å². The third kappa shape index (κ3) is 3.20. The van der Waals surface area contributed by atoms with Gasteiger partial charge in [-0.15, -0.1) is 0 Å². The van der Waals surface area contributed by atoms with Gasteiger partial charge in [-0.2, -0.15) is 0 Å². The van der Waals surface area contributed by atoms with E-state index >= 15 is 0 Å². The molecule has 3 nitrogen and oxygen atoms in total. The molecule has 0 aliphatic carbocycles. The molecule has 0 spiro atoms. The number of ether oxygens (including phenoxy) is 2. The first-order valence-electron chi connectivity index (χ1n) is 6.04. The Labute approximate surface area is 104 Å². The van der Waals surface area contributed by atoms with Crippen molar-refractivity contribution in [1.29, 1.82) is 0 Å². The van der Waals surface area contributed by atoms with Gasteiger partial charge in [0.05, 0.1) is 19.8 Å². The maximum Gasteiger partial charge on any atom is 0.126 e. The van der Waals surface area contributed by atoms with Crippen molar-refractivity contribution in [2.24, 2.45) is 0 Å². The van der Waals surface area contributed by atoms with Crippen molar-refractivity contribution >= 4 is 0 Å². The molecule has 0 aliphatic rings. The Morgan fingerprint density at radius 1 is 1.29 bits per heavy atom. The van der Waals surface area contributed by atoms with Crippen LogP contribution in [0.4, 0.5) is 0 Å². The lowest BCUT2D eigenvalue weighted by atomic mass is 9.99. The van der Waals surface area contributed by atoms with E-state index in [-0.39, 0.29) is 6.04 Å². The summed E-state index contributed by atoms with van der Waals surface area (Å²) in [5.41, 5.74) is 3.60. The Kier molecular flexibility index (Phi) is 5.45. The van der Waals surface area contributed by atoms with Crippen molar-refractivity contribution in [3.8, 4) is 5.75 Å². The molecular weight excluding hydrogens is 214 g/mol. The van der Waals surface area contributed by atoms with Crippen molar-refractivity contribution in [1.82, 2.24) is 5.32 Å². The van der Waals surface area contributed by atoms with Crippen LogP contribution in [-0.4, -0.2) is 27.4 Å². The topological polar surface area (TPSA) is 30.5 Å². The van der Waals surface area contributed by atoms with Crippen LogP contribution in [0.2, 0.25) is 0 Å². The average Bonchev–Trinajstić information content (AvgIpc) is 2.34. The van der Waals surface area contributed by atoms with Crippen molar-refractivity contribution in [2.45, 2.75) is 26.8 Å². The first kappa shape index (κ1) is 14.0. The Balaban J connectivity index is 3.06. The van der Waals surface area contributed by atoms with Crippen LogP contribution in [0.5, 0.6) is 5.75 Å². The van der Waals surface area contributed by atoms with E-state index in [0.717, 1.165) is 17.9 Å². The lowest BCUT2D eigenvalue weighted by Crippen LogP contribution is -2.22. The molecule has 96 valence electrons. The zero-order chi connectivity index (χ0) is 12.8. The van der Waals surface area contributed by atoms with Crippen LogP contribution in [0.3, 0.4) is 0 Å². The van der Waals surface area contributed by atoms with Crippen molar-refractivity contribution in [3.63, 3.8) is 0 Å². The standard InChI is InChI=1S/C14H23NO2/c1-6-17-9-13(15-4)12-8-7-10(2)11(3)14(12)16-5/h7-8,13,15H,6,9H2,1-5H3. The summed E-state index contributed by atoms with van der Waals surface area (Å²) < 4.78 is 11.0. The Morgan fingerprint density at radius 2 is 2.00 bits per heavy atom. The minimum atomic E-state index is 0.171. The summed E-state index contributed by atoms with van der Waals surface area (Å²) in [5, 5.41) is 3.27. The van der Waals surface area contributed by atoms with Crippen molar-refractivity contribution in [3.05, 3.63) is 28.8 Å². The maximum absolute atomic E-state index is 5.52. The molecule has 0 fully saturated rings. The van der Waals surface area contributed by atoms with Gasteiger partial charge in [-0.1, -0.05) is 12.1 Å². The monoisotopic (exact) mass is 237 g/mol. The number of benzene rings is 1. The summed E-state index contributed by atoms with van der Waals surface area (Å²) in [5.74, 6) is 0.962. The first-order valence-corrected chi connectivity index (χ1v) is 6.04. The Hall–Kier alpha value is -1.06. The molecule has 1 aromatic rings. The van der Waals surface area contributed by atoms with E-state index in [1.54, 1.807) is 7.11 Å². The summed E-state index contributed by atoms with van der Waals surface area (Å²) in [6.45, 7) is 7.57. The van der Waals surface area contributed by atoms with E-state index in [4.69, 9.17) is 9.47 Å². The molecule has 0 saturated heterocycles. The van der Waals surface area contributed by atoms with E-state index < -0.39 is 0 Å². The third-order valence-electron chi connectivity index (χ3n) is 3.12. The number of rotatable bonds is 6. The Morgan fingerprint density at radius 3 is 2.53 bits per heavy atom. The quantitative estimate of drug-likeness (QED) is 0.825. The zero-order valence-electron chi connectivity index (χ0n) is 11.5. The summed E-state index contributed by atoms with van der Waals surface area (Å²) in [4.78, 5) is 0. The number of nitrogens with one attached hydrogen (secondary N) is 1. The molecule has 1 rings (SSSR count). The molecule has 1 N–H and O–H groups in total. The normalized spacial score (nSPS) is 12.5. The maximum atomic E-state index is 5.52. The van der Waals surface area contributed by atoms with Gasteiger partial charge in [0.15, 0.2) is 0 Å². The van der Waals surface area contributed by atoms with Gasteiger partial charge < -0.3 is 14.8 Å². The van der Waals surface area contributed by atoms with E-state index in [1.165, 1.54) is 11.1 Å². The van der Waals surface area contributed by atoms with Gasteiger partial charge in [0, 0.05) is 12.2 Å². The smallest absolute Gasteiger partial charge is 0.126 e. The van der Waals surface area contributed by atoms with Gasteiger partial charge in [0.1, 0.15) is 5.75 Å². The summed E-state index contributed by atoms with van der Waals surface area (Å²) in [6, 6.07) is 4.41. The molecule has 0 radical (unpaired) electrons. The van der Waals surface area contributed by atoms with Crippen LogP contribution < -0.4 is 10.1 Å². The van der Waals surface area contributed by atoms with Crippen LogP contribution in [0, 0.1) is 13.8 Å². The molecule has 0 aromatic heterocycles. The largest absolute Gasteiger partial charge is 0.496 e. The minimum absolute atomic E-state index is 0.171. The van der Waals surface area contributed by atoms with E-state index in [9.17, 15) is 0 Å². The lowest BCUT2D eigenvalue weighted by molar-refractivity contribution is 0.124. The van der Waals surface area contributed by atoms with E-state index in [2.05, 4.69) is 31.3 Å². The lowest BCUT2D eigenvalue weighted by Gasteiger charge is -2.21.